The minimum absolute atomic E-state index is 0.0190. The molecule has 0 aromatic carbocycles. The number of methoxy groups -OCH3 is 1. The fourth-order valence-electron chi connectivity index (χ4n) is 2.34. The standard InChI is InChI=1S/C13H22N2O4/c1-4-6-14(8-9-19-3)13(18)15-7-5-10(2)11(15)12(16)17/h4,10-11H,1,5-9H2,2-3H3,(H,16,17). The van der Waals surface area contributed by atoms with E-state index in [9.17, 15) is 14.7 Å². The summed E-state index contributed by atoms with van der Waals surface area (Å²) in [7, 11) is 1.56. The molecule has 19 heavy (non-hydrogen) atoms. The van der Waals surface area contributed by atoms with Crippen molar-refractivity contribution in [2.24, 2.45) is 5.92 Å². The minimum atomic E-state index is -0.941. The summed E-state index contributed by atoms with van der Waals surface area (Å²) in [5.74, 6) is -0.960. The molecule has 0 radical (unpaired) electrons. The zero-order valence-electron chi connectivity index (χ0n) is 11.5. The molecule has 108 valence electrons. The van der Waals surface area contributed by atoms with Crippen molar-refractivity contribution in [3.8, 4) is 0 Å². The largest absolute Gasteiger partial charge is 0.480 e. The van der Waals surface area contributed by atoms with Crippen molar-refractivity contribution in [3.05, 3.63) is 12.7 Å². The van der Waals surface area contributed by atoms with E-state index in [0.717, 1.165) is 6.42 Å². The van der Waals surface area contributed by atoms with E-state index >= 15 is 0 Å². The lowest BCUT2D eigenvalue weighted by Crippen LogP contribution is -2.50. The maximum absolute atomic E-state index is 12.4. The molecule has 1 N–H and O–H groups in total. The first-order chi connectivity index (χ1) is 9.02. The summed E-state index contributed by atoms with van der Waals surface area (Å²) >= 11 is 0. The lowest BCUT2D eigenvalue weighted by Gasteiger charge is -2.30. The van der Waals surface area contributed by atoms with Crippen LogP contribution in [0.4, 0.5) is 4.79 Å². The highest BCUT2D eigenvalue weighted by Gasteiger charge is 2.40. The van der Waals surface area contributed by atoms with Gasteiger partial charge in [0.1, 0.15) is 6.04 Å². The predicted octanol–water partition coefficient (Wildman–Crippen LogP) is 1.04. The van der Waals surface area contributed by atoms with Crippen molar-refractivity contribution in [2.75, 3.05) is 33.4 Å². The Balaban J connectivity index is 2.77. The highest BCUT2D eigenvalue weighted by Crippen LogP contribution is 2.25. The second-order valence-electron chi connectivity index (χ2n) is 4.75. The molecule has 1 rings (SSSR count). The summed E-state index contributed by atoms with van der Waals surface area (Å²) in [6, 6.07) is -0.990. The molecule has 1 heterocycles. The summed E-state index contributed by atoms with van der Waals surface area (Å²) in [6.45, 7) is 7.20. The third-order valence-corrected chi connectivity index (χ3v) is 3.38. The normalized spacial score (nSPS) is 22.3. The molecule has 1 saturated heterocycles. The topological polar surface area (TPSA) is 70.1 Å². The summed E-state index contributed by atoms with van der Waals surface area (Å²) in [5.41, 5.74) is 0. The molecular formula is C13H22N2O4. The molecule has 6 heteroatoms. The van der Waals surface area contributed by atoms with Gasteiger partial charge in [0, 0.05) is 26.7 Å². The molecule has 1 fully saturated rings. The average Bonchev–Trinajstić information content (AvgIpc) is 2.75. The second-order valence-corrected chi connectivity index (χ2v) is 4.75. The second kappa shape index (κ2) is 7.13. The Bertz CT molecular complexity index is 346. The van der Waals surface area contributed by atoms with Crippen molar-refractivity contribution in [3.63, 3.8) is 0 Å². The minimum Gasteiger partial charge on any atom is -0.480 e. The van der Waals surface area contributed by atoms with Crippen LogP contribution in [0.3, 0.4) is 0 Å². The number of carboxylic acid groups (broad SMARTS) is 1. The number of aliphatic carboxylic acids is 1. The third-order valence-electron chi connectivity index (χ3n) is 3.38. The van der Waals surface area contributed by atoms with E-state index in [-0.39, 0.29) is 11.9 Å². The monoisotopic (exact) mass is 270 g/mol. The fourth-order valence-corrected chi connectivity index (χ4v) is 2.34. The Kier molecular flexibility index (Phi) is 5.82. The average molecular weight is 270 g/mol. The smallest absolute Gasteiger partial charge is 0.326 e. The van der Waals surface area contributed by atoms with Gasteiger partial charge in [-0.15, -0.1) is 6.58 Å². The van der Waals surface area contributed by atoms with E-state index in [0.29, 0.717) is 26.2 Å². The molecule has 1 aliphatic rings. The van der Waals surface area contributed by atoms with Gasteiger partial charge in [-0.3, -0.25) is 0 Å². The van der Waals surface area contributed by atoms with Gasteiger partial charge in [-0.25, -0.2) is 9.59 Å². The van der Waals surface area contributed by atoms with Crippen LogP contribution in [0.25, 0.3) is 0 Å². The Hall–Kier alpha value is -1.56. The number of nitrogens with zero attached hydrogens (tertiary/aromatic N) is 2. The zero-order valence-corrected chi connectivity index (χ0v) is 11.5. The Morgan fingerprint density at radius 3 is 2.79 bits per heavy atom. The summed E-state index contributed by atoms with van der Waals surface area (Å²) in [4.78, 5) is 26.6. The zero-order chi connectivity index (χ0) is 14.4. The predicted molar refractivity (Wildman–Crippen MR) is 71.0 cm³/mol. The fraction of sp³-hybridized carbons (Fsp3) is 0.692. The van der Waals surface area contributed by atoms with Gasteiger partial charge in [-0.2, -0.15) is 0 Å². The van der Waals surface area contributed by atoms with Crippen LogP contribution in [0.5, 0.6) is 0 Å². The number of rotatable bonds is 6. The Morgan fingerprint density at radius 2 is 2.26 bits per heavy atom. The summed E-state index contributed by atoms with van der Waals surface area (Å²) < 4.78 is 4.96. The molecule has 0 aromatic heterocycles. The van der Waals surface area contributed by atoms with Crippen LogP contribution in [-0.4, -0.2) is 66.3 Å². The number of hydrogen-bond donors (Lipinski definition) is 1. The molecule has 6 nitrogen and oxygen atoms in total. The van der Waals surface area contributed by atoms with Gasteiger partial charge < -0.3 is 19.6 Å². The van der Waals surface area contributed by atoms with E-state index in [1.54, 1.807) is 18.1 Å². The van der Waals surface area contributed by atoms with Crippen LogP contribution in [0, 0.1) is 5.92 Å². The van der Waals surface area contributed by atoms with E-state index < -0.39 is 12.0 Å². The number of urea groups is 1. The van der Waals surface area contributed by atoms with Crippen LogP contribution in [-0.2, 0) is 9.53 Å². The number of amides is 2. The van der Waals surface area contributed by atoms with Gasteiger partial charge in [0.15, 0.2) is 0 Å². The first-order valence-electron chi connectivity index (χ1n) is 6.41. The molecule has 2 unspecified atom stereocenters. The first-order valence-corrected chi connectivity index (χ1v) is 6.41. The van der Waals surface area contributed by atoms with Crippen molar-refractivity contribution < 1.29 is 19.4 Å². The molecule has 0 bridgehead atoms. The lowest BCUT2D eigenvalue weighted by molar-refractivity contribution is -0.142. The van der Waals surface area contributed by atoms with Gasteiger partial charge in [-0.05, 0) is 12.3 Å². The van der Waals surface area contributed by atoms with Crippen LogP contribution in [0.2, 0.25) is 0 Å². The number of likely N-dealkylation sites (tertiary alicyclic amines) is 1. The van der Waals surface area contributed by atoms with Crippen LogP contribution in [0.15, 0.2) is 12.7 Å². The van der Waals surface area contributed by atoms with E-state index in [1.165, 1.54) is 4.90 Å². The third kappa shape index (κ3) is 3.70. The number of carbonyl (C=O) groups is 2. The van der Waals surface area contributed by atoms with Crippen molar-refractivity contribution >= 4 is 12.0 Å². The number of carbonyl (C=O) groups excluding carboxylic acids is 1. The van der Waals surface area contributed by atoms with E-state index in [1.807, 2.05) is 6.92 Å². The van der Waals surface area contributed by atoms with Gasteiger partial charge in [0.2, 0.25) is 0 Å². The highest BCUT2D eigenvalue weighted by molar-refractivity contribution is 5.83. The molecule has 0 aliphatic carbocycles. The van der Waals surface area contributed by atoms with Gasteiger partial charge in [-0.1, -0.05) is 13.0 Å². The number of carboxylic acids is 1. The molecule has 0 aromatic rings. The lowest BCUT2D eigenvalue weighted by atomic mass is 10.0. The molecule has 0 spiro atoms. The quantitative estimate of drug-likeness (QED) is 0.732. The van der Waals surface area contributed by atoms with Crippen molar-refractivity contribution in [1.29, 1.82) is 0 Å². The number of ether oxygens (including phenoxy) is 1. The SMILES string of the molecule is C=CCN(CCOC)C(=O)N1CCC(C)C1C(=O)O. The van der Waals surface area contributed by atoms with Crippen LogP contribution >= 0.6 is 0 Å². The van der Waals surface area contributed by atoms with Gasteiger partial charge in [0.25, 0.3) is 0 Å². The van der Waals surface area contributed by atoms with E-state index in [4.69, 9.17) is 4.74 Å². The number of hydrogen-bond acceptors (Lipinski definition) is 3. The van der Waals surface area contributed by atoms with Crippen LogP contribution in [0.1, 0.15) is 13.3 Å². The van der Waals surface area contributed by atoms with Crippen molar-refractivity contribution in [1.82, 2.24) is 9.80 Å². The molecule has 0 saturated carbocycles. The molecule has 2 atom stereocenters. The maximum atomic E-state index is 12.4. The maximum Gasteiger partial charge on any atom is 0.326 e. The molecule has 2 amide bonds. The Labute approximate surface area is 113 Å². The van der Waals surface area contributed by atoms with Crippen molar-refractivity contribution in [2.45, 2.75) is 19.4 Å². The Morgan fingerprint density at radius 1 is 1.58 bits per heavy atom. The molecular weight excluding hydrogens is 248 g/mol. The van der Waals surface area contributed by atoms with Gasteiger partial charge in [0.05, 0.1) is 6.61 Å². The first kappa shape index (κ1) is 15.5. The summed E-state index contributed by atoms with van der Waals surface area (Å²) in [6.07, 6.45) is 2.34. The van der Waals surface area contributed by atoms with E-state index in [2.05, 4.69) is 6.58 Å². The van der Waals surface area contributed by atoms with Crippen LogP contribution < -0.4 is 0 Å². The van der Waals surface area contributed by atoms with Gasteiger partial charge >= 0.3 is 12.0 Å². The molecule has 1 aliphatic heterocycles. The highest BCUT2D eigenvalue weighted by atomic mass is 16.5. The summed E-state index contributed by atoms with van der Waals surface area (Å²) in [5, 5.41) is 9.23.